The van der Waals surface area contributed by atoms with Gasteiger partial charge < -0.3 is 40.0 Å². The number of benzene rings is 2. The minimum atomic E-state index is -1.37. The summed E-state index contributed by atoms with van der Waals surface area (Å²) in [5, 5.41) is 47.8. The quantitative estimate of drug-likeness (QED) is 0.185. The molecule has 228 valence electrons. The Labute approximate surface area is 250 Å². The van der Waals surface area contributed by atoms with Gasteiger partial charge in [-0.05, 0) is 59.2 Å². The largest absolute Gasteiger partial charge is 0.388 e. The first kappa shape index (κ1) is 30.7. The van der Waals surface area contributed by atoms with Crippen molar-refractivity contribution >= 4 is 27.9 Å². The van der Waals surface area contributed by atoms with Gasteiger partial charge in [-0.2, -0.15) is 5.26 Å². The van der Waals surface area contributed by atoms with Gasteiger partial charge in [0.2, 0.25) is 0 Å². The number of carbonyl (C=O) groups is 1. The zero-order valence-electron chi connectivity index (χ0n) is 24.5. The normalized spacial score (nSPS) is 23.4. The van der Waals surface area contributed by atoms with Crippen LogP contribution in [0, 0.1) is 11.3 Å². The number of aromatic nitrogens is 1. The molecular weight excluding hydrogens is 550 g/mol. The van der Waals surface area contributed by atoms with Crippen molar-refractivity contribution in [3.63, 3.8) is 0 Å². The fourth-order valence-corrected chi connectivity index (χ4v) is 5.64. The Hall–Kier alpha value is -3.76. The van der Waals surface area contributed by atoms with E-state index in [0.717, 1.165) is 67.1 Å². The second-order valence-electron chi connectivity index (χ2n) is 11.1. The smallest absolute Gasteiger partial charge is 0.262 e. The van der Waals surface area contributed by atoms with Crippen molar-refractivity contribution < 1.29 is 29.6 Å². The summed E-state index contributed by atoms with van der Waals surface area (Å²) >= 11 is 0. The molecule has 5 rings (SSSR count). The summed E-state index contributed by atoms with van der Waals surface area (Å²) < 4.78 is 12.7. The molecule has 2 fully saturated rings. The third-order valence-electron chi connectivity index (χ3n) is 8.29. The summed E-state index contributed by atoms with van der Waals surface area (Å²) in [6.07, 6.45) is -4.83. The van der Waals surface area contributed by atoms with Crippen LogP contribution in [0.2, 0.25) is 0 Å². The third-order valence-corrected chi connectivity index (χ3v) is 8.29. The topological polar surface area (TPSA) is 152 Å². The fourth-order valence-electron chi connectivity index (χ4n) is 5.64. The second kappa shape index (κ2) is 13.7. The summed E-state index contributed by atoms with van der Waals surface area (Å²) in [6.45, 7) is 6.83. The highest BCUT2D eigenvalue weighted by Gasteiger charge is 2.37. The third kappa shape index (κ3) is 6.91. The monoisotopic (exact) mass is 589 g/mol. The van der Waals surface area contributed by atoms with Gasteiger partial charge in [0, 0.05) is 56.8 Å². The van der Waals surface area contributed by atoms with E-state index in [1.54, 1.807) is 6.92 Å². The van der Waals surface area contributed by atoms with Crippen LogP contribution in [0.5, 0.6) is 0 Å². The molecule has 2 saturated heterocycles. The highest BCUT2D eigenvalue weighted by molar-refractivity contribution is 6.04. The van der Waals surface area contributed by atoms with E-state index in [-0.39, 0.29) is 18.7 Å². The van der Waals surface area contributed by atoms with E-state index in [0.29, 0.717) is 11.3 Å². The number of hydrogen-bond donors (Lipinski definition) is 5. The van der Waals surface area contributed by atoms with E-state index < -0.39 is 30.3 Å². The maximum absolute atomic E-state index is 12.9. The van der Waals surface area contributed by atoms with Crippen molar-refractivity contribution in [2.24, 2.45) is 7.05 Å². The van der Waals surface area contributed by atoms with Gasteiger partial charge in [0.25, 0.3) is 5.91 Å². The van der Waals surface area contributed by atoms with E-state index in [1.807, 2.05) is 29.8 Å². The number of rotatable bonds is 9. The van der Waals surface area contributed by atoms with E-state index in [2.05, 4.69) is 51.9 Å². The van der Waals surface area contributed by atoms with Crippen LogP contribution in [0.15, 0.2) is 54.1 Å². The summed E-state index contributed by atoms with van der Waals surface area (Å²) in [5.74, 6) is -0.612. The molecule has 0 aliphatic carbocycles. The summed E-state index contributed by atoms with van der Waals surface area (Å²) in [4.78, 5) is 15.3. The zero-order valence-corrected chi connectivity index (χ0v) is 24.5. The van der Waals surface area contributed by atoms with Crippen LogP contribution in [0.1, 0.15) is 12.6 Å². The van der Waals surface area contributed by atoms with Crippen molar-refractivity contribution in [1.29, 1.82) is 5.26 Å². The molecule has 2 aromatic carbocycles. The van der Waals surface area contributed by atoms with E-state index in [9.17, 15) is 25.4 Å². The van der Waals surface area contributed by atoms with Gasteiger partial charge in [-0.15, -0.1) is 0 Å². The van der Waals surface area contributed by atoms with Gasteiger partial charge in [-0.3, -0.25) is 9.69 Å². The Bertz CT molecular complexity index is 1520. The van der Waals surface area contributed by atoms with Crippen molar-refractivity contribution in [3.8, 4) is 17.3 Å². The molecule has 2 aliphatic heterocycles. The molecular formula is C32H39N5O6. The van der Waals surface area contributed by atoms with Gasteiger partial charge in [-0.1, -0.05) is 18.2 Å². The molecule has 5 N–H and O–H groups in total. The Kier molecular flexibility index (Phi) is 9.77. The number of amides is 1. The molecule has 0 unspecified atom stereocenters. The maximum atomic E-state index is 12.9. The average molecular weight is 590 g/mol. The van der Waals surface area contributed by atoms with Crippen LogP contribution in [0.25, 0.3) is 27.6 Å². The van der Waals surface area contributed by atoms with Crippen molar-refractivity contribution in [1.82, 2.24) is 14.8 Å². The number of aliphatic hydroxyl groups is 3. The minimum Gasteiger partial charge on any atom is -0.388 e. The van der Waals surface area contributed by atoms with E-state index >= 15 is 0 Å². The van der Waals surface area contributed by atoms with Crippen LogP contribution < -0.4 is 10.6 Å². The number of ether oxygens (including phenoxy) is 2. The van der Waals surface area contributed by atoms with Crippen LogP contribution in [-0.4, -0.2) is 108 Å². The lowest BCUT2D eigenvalue weighted by Gasteiger charge is -2.35. The Balaban J connectivity index is 1.26. The van der Waals surface area contributed by atoms with E-state index in [1.165, 1.54) is 0 Å². The lowest BCUT2D eigenvalue weighted by molar-refractivity contribution is -0.185. The number of nitrogens with one attached hydrogen (secondary N) is 2. The van der Waals surface area contributed by atoms with Crippen molar-refractivity contribution in [3.05, 3.63) is 59.8 Å². The van der Waals surface area contributed by atoms with E-state index in [4.69, 9.17) is 9.47 Å². The van der Waals surface area contributed by atoms with Crippen molar-refractivity contribution in [2.45, 2.75) is 31.3 Å². The summed E-state index contributed by atoms with van der Waals surface area (Å²) in [6, 6.07) is 18.5. The first-order valence-corrected chi connectivity index (χ1v) is 14.6. The Morgan fingerprint density at radius 3 is 2.56 bits per heavy atom. The number of fused-ring (bicyclic) bond motifs is 1. The van der Waals surface area contributed by atoms with Gasteiger partial charge in [0.15, 0.2) is 0 Å². The van der Waals surface area contributed by atoms with Crippen LogP contribution >= 0.6 is 0 Å². The van der Waals surface area contributed by atoms with Crippen LogP contribution in [0.3, 0.4) is 0 Å². The summed E-state index contributed by atoms with van der Waals surface area (Å²) in [7, 11) is 1.89. The molecule has 11 nitrogen and oxygen atoms in total. The van der Waals surface area contributed by atoms with Gasteiger partial charge >= 0.3 is 0 Å². The van der Waals surface area contributed by atoms with Crippen molar-refractivity contribution in [2.75, 3.05) is 57.9 Å². The highest BCUT2D eigenvalue weighted by Crippen LogP contribution is 2.30. The molecule has 3 aromatic rings. The lowest BCUT2D eigenvalue weighted by atomic mass is 10.00. The van der Waals surface area contributed by atoms with Crippen LogP contribution in [-0.2, 0) is 21.3 Å². The molecule has 3 heterocycles. The average Bonchev–Trinajstić information content (AvgIpc) is 3.41. The lowest BCUT2D eigenvalue weighted by Crippen LogP contribution is -2.56. The van der Waals surface area contributed by atoms with Gasteiger partial charge in [0.05, 0.1) is 19.8 Å². The minimum absolute atomic E-state index is 0.0641. The molecule has 0 saturated carbocycles. The molecule has 4 atom stereocenters. The molecule has 0 radical (unpaired) electrons. The first-order valence-electron chi connectivity index (χ1n) is 14.6. The number of nitrogens with zero attached hydrogens (tertiary/aromatic N) is 3. The number of aliphatic hydroxyl groups excluding tert-OH is 3. The molecule has 43 heavy (non-hydrogen) atoms. The fraction of sp³-hybridized carbons (Fsp3) is 0.438. The van der Waals surface area contributed by atoms with Gasteiger partial charge in [-0.25, -0.2) is 0 Å². The highest BCUT2D eigenvalue weighted by atomic mass is 16.5. The number of anilines is 1. The van der Waals surface area contributed by atoms with Gasteiger partial charge in [0.1, 0.15) is 36.1 Å². The standard InChI is InChI=1S/C32H39N5O6/c1-20(25(17-33)32(41)35-18-29-31(40)30(39)28(38)19-43-29)26-7-8-27(36(26)2)23-4-3-22-16-24(6-5-21(22)15-23)34-9-10-37-11-13-42-14-12-37/h3-8,15-16,28-31,34,38-40H,9-14,18-19H2,1-2H3,(H,35,41)/b25-20+/t28-,29+,30+,31+/m0/s1. The maximum Gasteiger partial charge on any atom is 0.262 e. The number of carbonyl (C=O) groups excluding carboxylic acids is 1. The first-order chi connectivity index (χ1) is 20.8. The molecule has 0 bridgehead atoms. The molecule has 0 spiro atoms. The number of hydrogen-bond acceptors (Lipinski definition) is 9. The molecule has 1 amide bonds. The number of allylic oxidation sites excluding steroid dienone is 1. The predicted molar refractivity (Wildman–Crippen MR) is 163 cm³/mol. The Morgan fingerprint density at radius 1 is 1.05 bits per heavy atom. The SMILES string of the molecule is C/C(=C(/C#N)C(=O)NC[C@H]1OC[C@H](O)[C@@H](O)[C@@H]1O)c1ccc(-c2ccc3cc(NCCN4CCOCC4)ccc3c2)n1C. The number of nitriles is 1. The zero-order chi connectivity index (χ0) is 30.5. The second-order valence-corrected chi connectivity index (χ2v) is 11.1. The van der Waals surface area contributed by atoms with Crippen LogP contribution in [0.4, 0.5) is 5.69 Å². The molecule has 11 heteroatoms. The number of morpholine rings is 1. The Morgan fingerprint density at radius 2 is 1.79 bits per heavy atom. The molecule has 2 aliphatic rings. The predicted octanol–water partition coefficient (Wildman–Crippen LogP) is 1.48. The molecule has 1 aromatic heterocycles. The summed E-state index contributed by atoms with van der Waals surface area (Å²) in [5.41, 5.74) is 4.18.